The van der Waals surface area contributed by atoms with Crippen molar-refractivity contribution in [1.29, 1.82) is 0 Å². The molecule has 0 aliphatic heterocycles. The van der Waals surface area contributed by atoms with Gasteiger partial charge in [-0.3, -0.25) is 0 Å². The fourth-order valence-electron chi connectivity index (χ4n) is 2.50. The van der Waals surface area contributed by atoms with E-state index in [4.69, 9.17) is 0 Å². The van der Waals surface area contributed by atoms with Crippen LogP contribution < -0.4 is 5.32 Å². The minimum absolute atomic E-state index is 0.699. The van der Waals surface area contributed by atoms with Crippen LogP contribution in [0.15, 0.2) is 22.6 Å². The van der Waals surface area contributed by atoms with E-state index in [-0.39, 0.29) is 0 Å². The molecule has 16 heavy (non-hydrogen) atoms. The smallest absolute Gasteiger partial charge is 0.213 e. The van der Waals surface area contributed by atoms with E-state index in [2.05, 4.69) is 39.9 Å². The van der Waals surface area contributed by atoms with Crippen LogP contribution in [0, 0.1) is 11.8 Å². The highest BCUT2D eigenvalue weighted by atomic mass is 16.5. The molecule has 1 aromatic heterocycles. The van der Waals surface area contributed by atoms with Gasteiger partial charge < -0.3 is 9.84 Å². The largest absolute Gasteiger partial charge is 0.343 e. The van der Waals surface area contributed by atoms with Crippen LogP contribution in [0.2, 0.25) is 0 Å². The van der Waals surface area contributed by atoms with Gasteiger partial charge in [-0.2, -0.15) is 4.98 Å². The highest BCUT2D eigenvalue weighted by Gasteiger charge is 2.17. The summed E-state index contributed by atoms with van der Waals surface area (Å²) in [6, 6.07) is 0. The van der Waals surface area contributed by atoms with Crippen molar-refractivity contribution in [2.24, 2.45) is 11.8 Å². The van der Waals surface area contributed by atoms with Gasteiger partial charge in [-0.15, -0.1) is 0 Å². The summed E-state index contributed by atoms with van der Waals surface area (Å²) in [6.45, 7) is 6.24. The first-order valence-electron chi connectivity index (χ1n) is 5.87. The summed E-state index contributed by atoms with van der Waals surface area (Å²) in [4.78, 5) is 3.98. The Labute approximate surface area is 96.1 Å². The Kier molecular flexibility index (Phi) is 3.72. The van der Waals surface area contributed by atoms with Crippen molar-refractivity contribution in [2.45, 2.75) is 33.2 Å². The van der Waals surface area contributed by atoms with Crippen molar-refractivity contribution in [1.82, 2.24) is 15.5 Å². The van der Waals surface area contributed by atoms with Crippen LogP contribution >= 0.6 is 0 Å². The predicted molar refractivity (Wildman–Crippen MR) is 61.6 cm³/mol. The highest BCUT2D eigenvalue weighted by molar-refractivity contribution is 5.06. The maximum atomic E-state index is 4.68. The molecule has 2 rings (SSSR count). The zero-order chi connectivity index (χ0) is 11.4. The number of hydrogen-bond acceptors (Lipinski definition) is 4. The van der Waals surface area contributed by atoms with Crippen LogP contribution in [0.3, 0.4) is 0 Å². The standard InChI is InChI=1S/C12H19N3O/c1-9-3-10(2)5-11(4-9)6-13-7-12-14-8-16-15-12/h3,8-9,11,13H,4-7H2,1-2H3. The van der Waals surface area contributed by atoms with E-state index < -0.39 is 0 Å². The van der Waals surface area contributed by atoms with E-state index in [0.717, 1.165) is 18.3 Å². The Bertz CT molecular complexity index is 345. The third-order valence-electron chi connectivity index (χ3n) is 3.01. The maximum Gasteiger partial charge on any atom is 0.213 e. The first-order valence-corrected chi connectivity index (χ1v) is 5.87. The summed E-state index contributed by atoms with van der Waals surface area (Å²) in [5.74, 6) is 2.19. The van der Waals surface area contributed by atoms with Gasteiger partial charge in [0.15, 0.2) is 5.82 Å². The second-order valence-electron chi connectivity index (χ2n) is 4.77. The molecule has 0 spiro atoms. The molecule has 0 amide bonds. The number of aromatic nitrogens is 2. The zero-order valence-corrected chi connectivity index (χ0v) is 9.94. The lowest BCUT2D eigenvalue weighted by molar-refractivity contribution is 0.373. The summed E-state index contributed by atoms with van der Waals surface area (Å²) in [7, 11) is 0. The minimum Gasteiger partial charge on any atom is -0.343 e. The number of nitrogens with one attached hydrogen (secondary N) is 1. The van der Waals surface area contributed by atoms with E-state index in [1.807, 2.05) is 0 Å². The number of allylic oxidation sites excluding steroid dienone is 2. The Hall–Kier alpha value is -1.16. The first kappa shape index (κ1) is 11.3. The molecule has 1 aromatic rings. The summed E-state index contributed by atoms with van der Waals surface area (Å²) < 4.78 is 4.68. The van der Waals surface area contributed by atoms with E-state index >= 15 is 0 Å². The van der Waals surface area contributed by atoms with Gasteiger partial charge in [0.25, 0.3) is 0 Å². The molecule has 0 bridgehead atoms. The van der Waals surface area contributed by atoms with E-state index in [9.17, 15) is 0 Å². The molecule has 0 radical (unpaired) electrons. The van der Waals surface area contributed by atoms with Crippen molar-refractivity contribution in [2.75, 3.05) is 6.54 Å². The Morgan fingerprint density at radius 2 is 2.44 bits per heavy atom. The summed E-state index contributed by atoms with van der Waals surface area (Å²) in [5.41, 5.74) is 1.52. The quantitative estimate of drug-likeness (QED) is 0.791. The SMILES string of the molecule is CC1=CC(C)CC(CNCc2ncon2)C1. The number of rotatable bonds is 4. The van der Waals surface area contributed by atoms with Crippen molar-refractivity contribution in [3.8, 4) is 0 Å². The lowest BCUT2D eigenvalue weighted by Crippen LogP contribution is -2.26. The molecular formula is C12H19N3O. The molecular weight excluding hydrogens is 202 g/mol. The van der Waals surface area contributed by atoms with Gasteiger partial charge in [-0.25, -0.2) is 0 Å². The lowest BCUT2D eigenvalue weighted by atomic mass is 9.84. The molecule has 4 nitrogen and oxygen atoms in total. The Morgan fingerprint density at radius 3 is 3.12 bits per heavy atom. The highest BCUT2D eigenvalue weighted by Crippen LogP contribution is 2.27. The molecule has 1 N–H and O–H groups in total. The normalized spacial score (nSPS) is 25.5. The second-order valence-corrected chi connectivity index (χ2v) is 4.77. The predicted octanol–water partition coefficient (Wildman–Crippen LogP) is 2.15. The van der Waals surface area contributed by atoms with Gasteiger partial charge in [-0.1, -0.05) is 23.7 Å². The summed E-state index contributed by atoms with van der Waals surface area (Å²) in [6.07, 6.45) is 6.24. The molecule has 0 aromatic carbocycles. The maximum absolute atomic E-state index is 4.68. The van der Waals surface area contributed by atoms with Gasteiger partial charge in [0, 0.05) is 0 Å². The third kappa shape index (κ3) is 3.17. The summed E-state index contributed by atoms with van der Waals surface area (Å²) >= 11 is 0. The van der Waals surface area contributed by atoms with Gasteiger partial charge in [0.1, 0.15) is 0 Å². The van der Waals surface area contributed by atoms with E-state index in [1.54, 1.807) is 0 Å². The van der Waals surface area contributed by atoms with Gasteiger partial charge in [0.05, 0.1) is 6.54 Å². The molecule has 0 saturated heterocycles. The van der Waals surface area contributed by atoms with Crippen LogP contribution in [0.4, 0.5) is 0 Å². The monoisotopic (exact) mass is 221 g/mol. The summed E-state index contributed by atoms with van der Waals surface area (Å²) in [5, 5.41) is 7.16. The molecule has 2 atom stereocenters. The molecule has 1 aliphatic rings. The first-order chi connectivity index (χ1) is 7.74. The zero-order valence-electron chi connectivity index (χ0n) is 9.94. The molecule has 2 unspecified atom stereocenters. The molecule has 0 fully saturated rings. The van der Waals surface area contributed by atoms with Crippen LogP contribution in [0.5, 0.6) is 0 Å². The topological polar surface area (TPSA) is 51.0 Å². The van der Waals surface area contributed by atoms with Gasteiger partial charge >= 0.3 is 0 Å². The van der Waals surface area contributed by atoms with Crippen LogP contribution in [-0.4, -0.2) is 16.7 Å². The Morgan fingerprint density at radius 1 is 1.56 bits per heavy atom. The second kappa shape index (κ2) is 5.25. The van der Waals surface area contributed by atoms with Crippen molar-refractivity contribution in [3.63, 3.8) is 0 Å². The van der Waals surface area contributed by atoms with Gasteiger partial charge in [0.2, 0.25) is 6.39 Å². The minimum atomic E-state index is 0.699. The van der Waals surface area contributed by atoms with Crippen LogP contribution in [-0.2, 0) is 6.54 Å². The lowest BCUT2D eigenvalue weighted by Gasteiger charge is -2.25. The average molecular weight is 221 g/mol. The van der Waals surface area contributed by atoms with E-state index in [0.29, 0.717) is 12.5 Å². The molecule has 0 saturated carbocycles. The number of nitrogens with zero attached hydrogens (tertiary/aromatic N) is 2. The average Bonchev–Trinajstić information content (AvgIpc) is 2.69. The molecule has 88 valence electrons. The number of hydrogen-bond donors (Lipinski definition) is 1. The fourth-order valence-corrected chi connectivity index (χ4v) is 2.50. The fraction of sp³-hybridized carbons (Fsp3) is 0.667. The van der Waals surface area contributed by atoms with Crippen LogP contribution in [0.1, 0.15) is 32.5 Å². The molecule has 1 heterocycles. The van der Waals surface area contributed by atoms with E-state index in [1.165, 1.54) is 24.8 Å². The van der Waals surface area contributed by atoms with Crippen molar-refractivity contribution in [3.05, 3.63) is 23.9 Å². The molecule has 4 heteroatoms. The van der Waals surface area contributed by atoms with Crippen molar-refractivity contribution >= 4 is 0 Å². The van der Waals surface area contributed by atoms with Crippen molar-refractivity contribution < 1.29 is 4.52 Å². The van der Waals surface area contributed by atoms with Crippen LogP contribution in [0.25, 0.3) is 0 Å². The third-order valence-corrected chi connectivity index (χ3v) is 3.01. The molecule has 1 aliphatic carbocycles. The van der Waals surface area contributed by atoms with Gasteiger partial charge in [-0.05, 0) is 38.1 Å². The Balaban J connectivity index is 1.73.